The Balaban J connectivity index is 2.15. The Morgan fingerprint density at radius 2 is 2.35 bits per heavy atom. The molecule has 114 valence electrons. The number of nitrogens with zero attached hydrogens (tertiary/aromatic N) is 2. The summed E-state index contributed by atoms with van der Waals surface area (Å²) in [5.74, 6) is 0. The fraction of sp³-hybridized carbons (Fsp3) is 0.692. The molecule has 20 heavy (non-hydrogen) atoms. The van der Waals surface area contributed by atoms with Crippen LogP contribution in [0.4, 0.5) is 0 Å². The van der Waals surface area contributed by atoms with Gasteiger partial charge in [-0.25, -0.2) is 8.42 Å². The first-order chi connectivity index (χ1) is 9.54. The summed E-state index contributed by atoms with van der Waals surface area (Å²) in [5, 5.41) is 3.34. The van der Waals surface area contributed by atoms with Gasteiger partial charge < -0.3 is 14.6 Å². The molecule has 1 aliphatic rings. The molecular weight excluding hydrogens is 278 g/mol. The predicted octanol–water partition coefficient (Wildman–Crippen LogP) is 0.414. The Hall–Kier alpha value is -0.890. The molecule has 7 heteroatoms. The lowest BCUT2D eigenvalue weighted by Crippen LogP contribution is -2.42. The van der Waals surface area contributed by atoms with Crippen molar-refractivity contribution in [2.75, 3.05) is 33.4 Å². The predicted molar refractivity (Wildman–Crippen MR) is 77.1 cm³/mol. The lowest BCUT2D eigenvalue weighted by Gasteiger charge is -2.24. The van der Waals surface area contributed by atoms with Gasteiger partial charge >= 0.3 is 0 Å². The molecule has 0 bridgehead atoms. The van der Waals surface area contributed by atoms with Gasteiger partial charge in [0.25, 0.3) is 0 Å². The molecular formula is C13H23N3O3S. The van der Waals surface area contributed by atoms with Crippen LogP contribution >= 0.6 is 0 Å². The third-order valence-corrected chi connectivity index (χ3v) is 5.42. The molecule has 1 N–H and O–H groups in total. The fourth-order valence-corrected chi connectivity index (χ4v) is 3.96. The van der Waals surface area contributed by atoms with Gasteiger partial charge in [0.05, 0.1) is 11.5 Å². The van der Waals surface area contributed by atoms with E-state index < -0.39 is 10.0 Å². The average molecular weight is 301 g/mol. The number of methoxy groups -OCH3 is 1. The molecule has 1 unspecified atom stereocenters. The van der Waals surface area contributed by atoms with Gasteiger partial charge in [0.15, 0.2) is 0 Å². The summed E-state index contributed by atoms with van der Waals surface area (Å²) < 4.78 is 33.6. The molecule has 2 rings (SSSR count). The summed E-state index contributed by atoms with van der Waals surface area (Å²) in [5.41, 5.74) is 0. The maximum absolute atomic E-state index is 12.7. The van der Waals surface area contributed by atoms with Crippen molar-refractivity contribution in [3.8, 4) is 0 Å². The molecule has 0 radical (unpaired) electrons. The van der Waals surface area contributed by atoms with E-state index in [2.05, 4.69) is 5.32 Å². The molecule has 2 heterocycles. The SMILES string of the molecule is COCCN(CC1CCCN1)S(=O)(=O)c1ccn(C)c1. The molecule has 1 aromatic heterocycles. The Bertz CT molecular complexity index is 521. The molecule has 0 aliphatic carbocycles. The third-order valence-electron chi connectivity index (χ3n) is 3.57. The van der Waals surface area contributed by atoms with Crippen LogP contribution in [0.1, 0.15) is 12.8 Å². The van der Waals surface area contributed by atoms with Crippen molar-refractivity contribution in [3.63, 3.8) is 0 Å². The molecule has 0 saturated carbocycles. The summed E-state index contributed by atoms with van der Waals surface area (Å²) >= 11 is 0. The van der Waals surface area contributed by atoms with E-state index in [1.54, 1.807) is 30.1 Å². The minimum atomic E-state index is -3.45. The summed E-state index contributed by atoms with van der Waals surface area (Å²) in [6.07, 6.45) is 5.51. The lowest BCUT2D eigenvalue weighted by molar-refractivity contribution is 0.176. The van der Waals surface area contributed by atoms with Gasteiger partial charge in [-0.15, -0.1) is 0 Å². The number of hydrogen-bond acceptors (Lipinski definition) is 4. The second kappa shape index (κ2) is 6.71. The number of rotatable bonds is 7. The monoisotopic (exact) mass is 301 g/mol. The van der Waals surface area contributed by atoms with Crippen LogP contribution in [-0.4, -0.2) is 56.7 Å². The zero-order chi connectivity index (χ0) is 14.6. The fourth-order valence-electron chi connectivity index (χ4n) is 2.44. The minimum absolute atomic E-state index is 0.241. The Kier molecular flexibility index (Phi) is 5.20. The number of ether oxygens (including phenoxy) is 1. The van der Waals surface area contributed by atoms with Crippen LogP contribution < -0.4 is 5.32 Å². The second-order valence-electron chi connectivity index (χ2n) is 5.16. The van der Waals surface area contributed by atoms with E-state index in [-0.39, 0.29) is 6.04 Å². The van der Waals surface area contributed by atoms with Gasteiger partial charge in [-0.3, -0.25) is 0 Å². The first-order valence-corrected chi connectivity index (χ1v) is 8.32. The smallest absolute Gasteiger partial charge is 0.244 e. The van der Waals surface area contributed by atoms with Crippen LogP contribution in [0.5, 0.6) is 0 Å². The highest BCUT2D eigenvalue weighted by Gasteiger charge is 2.28. The molecule has 1 fully saturated rings. The number of hydrogen-bond donors (Lipinski definition) is 1. The topological polar surface area (TPSA) is 63.6 Å². The molecule has 1 aliphatic heterocycles. The Morgan fingerprint density at radius 3 is 2.90 bits per heavy atom. The molecule has 1 aromatic rings. The largest absolute Gasteiger partial charge is 0.383 e. The third kappa shape index (κ3) is 3.60. The highest BCUT2D eigenvalue weighted by atomic mass is 32.2. The normalized spacial score (nSPS) is 19.9. The van der Waals surface area contributed by atoms with Crippen LogP contribution in [0.2, 0.25) is 0 Å². The van der Waals surface area contributed by atoms with Crippen molar-refractivity contribution in [2.45, 2.75) is 23.8 Å². The molecule has 0 spiro atoms. The summed E-state index contributed by atoms with van der Waals surface area (Å²) in [4.78, 5) is 0.342. The van der Waals surface area contributed by atoms with Crippen molar-refractivity contribution < 1.29 is 13.2 Å². The quantitative estimate of drug-likeness (QED) is 0.792. The summed E-state index contributed by atoms with van der Waals surface area (Å²) in [6.45, 7) is 2.25. The van der Waals surface area contributed by atoms with E-state index in [1.807, 2.05) is 7.05 Å². The van der Waals surface area contributed by atoms with Gasteiger partial charge in [-0.2, -0.15) is 4.31 Å². The standard InChI is InChI=1S/C13H23N3O3S/c1-15-7-5-13(11-15)20(17,18)16(8-9-19-2)10-12-4-3-6-14-12/h5,7,11-12,14H,3-4,6,8-10H2,1-2H3. The second-order valence-corrected chi connectivity index (χ2v) is 7.10. The van der Waals surface area contributed by atoms with Gasteiger partial charge in [-0.1, -0.05) is 0 Å². The lowest BCUT2D eigenvalue weighted by atomic mass is 10.2. The van der Waals surface area contributed by atoms with Crippen molar-refractivity contribution in [1.82, 2.24) is 14.2 Å². The molecule has 1 atom stereocenters. The van der Waals surface area contributed by atoms with Crippen LogP contribution in [-0.2, 0) is 21.8 Å². The number of nitrogens with one attached hydrogen (secondary N) is 1. The van der Waals surface area contributed by atoms with Crippen LogP contribution in [0.3, 0.4) is 0 Å². The maximum atomic E-state index is 12.7. The first kappa shape index (κ1) is 15.5. The number of aromatic nitrogens is 1. The van der Waals surface area contributed by atoms with Crippen molar-refractivity contribution in [1.29, 1.82) is 0 Å². The van der Waals surface area contributed by atoms with E-state index in [0.29, 0.717) is 24.6 Å². The van der Waals surface area contributed by atoms with E-state index in [0.717, 1.165) is 19.4 Å². The van der Waals surface area contributed by atoms with Crippen LogP contribution in [0.15, 0.2) is 23.4 Å². The first-order valence-electron chi connectivity index (χ1n) is 6.88. The Morgan fingerprint density at radius 1 is 1.55 bits per heavy atom. The zero-order valence-electron chi connectivity index (χ0n) is 12.1. The molecule has 0 aromatic carbocycles. The van der Waals surface area contributed by atoms with E-state index in [4.69, 9.17) is 4.74 Å². The Labute approximate surface area is 120 Å². The minimum Gasteiger partial charge on any atom is -0.383 e. The highest BCUT2D eigenvalue weighted by molar-refractivity contribution is 7.89. The van der Waals surface area contributed by atoms with E-state index in [1.165, 1.54) is 4.31 Å². The van der Waals surface area contributed by atoms with Crippen molar-refractivity contribution >= 4 is 10.0 Å². The van der Waals surface area contributed by atoms with Gasteiger partial charge in [0.1, 0.15) is 0 Å². The van der Waals surface area contributed by atoms with E-state index >= 15 is 0 Å². The van der Waals surface area contributed by atoms with Crippen molar-refractivity contribution in [3.05, 3.63) is 18.5 Å². The number of aryl methyl sites for hydroxylation is 1. The van der Waals surface area contributed by atoms with E-state index in [9.17, 15) is 8.42 Å². The van der Waals surface area contributed by atoms with Gasteiger partial charge in [0, 0.05) is 45.7 Å². The van der Waals surface area contributed by atoms with Crippen LogP contribution in [0.25, 0.3) is 0 Å². The van der Waals surface area contributed by atoms with Gasteiger partial charge in [-0.05, 0) is 25.5 Å². The molecule has 1 saturated heterocycles. The van der Waals surface area contributed by atoms with Crippen LogP contribution in [0, 0.1) is 0 Å². The number of sulfonamides is 1. The van der Waals surface area contributed by atoms with Crippen molar-refractivity contribution in [2.24, 2.45) is 7.05 Å². The maximum Gasteiger partial charge on any atom is 0.244 e. The summed E-state index contributed by atoms with van der Waals surface area (Å²) in [6, 6.07) is 1.88. The zero-order valence-corrected chi connectivity index (χ0v) is 12.9. The molecule has 6 nitrogen and oxygen atoms in total. The summed E-state index contributed by atoms with van der Waals surface area (Å²) in [7, 11) is -0.0465. The average Bonchev–Trinajstić information content (AvgIpc) is 3.05. The highest BCUT2D eigenvalue weighted by Crippen LogP contribution is 2.18. The van der Waals surface area contributed by atoms with Gasteiger partial charge in [0.2, 0.25) is 10.0 Å². The molecule has 0 amide bonds.